The number of aromatic nitrogens is 1. The van der Waals surface area contributed by atoms with Gasteiger partial charge in [-0.05, 0) is 19.4 Å². The summed E-state index contributed by atoms with van der Waals surface area (Å²) in [5, 5.41) is 8.52. The van der Waals surface area contributed by atoms with Crippen molar-refractivity contribution < 1.29 is 0 Å². The third-order valence-electron chi connectivity index (χ3n) is 2.90. The molecule has 1 fully saturated rings. The molecule has 2 heterocycles. The van der Waals surface area contributed by atoms with Crippen LogP contribution in [0.1, 0.15) is 30.3 Å². The molecule has 1 N–H and O–H groups in total. The molecule has 1 aliphatic heterocycles. The number of nitrogens with zero attached hydrogens (tertiary/aromatic N) is 1. The maximum atomic E-state index is 4.82. The molecule has 0 spiro atoms. The minimum atomic E-state index is -1.20. The van der Waals surface area contributed by atoms with Crippen molar-refractivity contribution in [3.63, 3.8) is 0 Å². The maximum absolute atomic E-state index is 4.82. The van der Waals surface area contributed by atoms with Crippen LogP contribution >= 0.6 is 11.3 Å². The van der Waals surface area contributed by atoms with Crippen molar-refractivity contribution in [1.29, 1.82) is 0 Å². The first-order valence-electron chi connectivity index (χ1n) is 5.76. The Kier molecular flexibility index (Phi) is 3.28. The van der Waals surface area contributed by atoms with Gasteiger partial charge in [0.15, 0.2) is 0 Å². The molecule has 2 rings (SSSR count). The quantitative estimate of drug-likeness (QED) is 0.804. The predicted octanol–water partition coefficient (Wildman–Crippen LogP) is 2.50. The zero-order chi connectivity index (χ0) is 10.9. The van der Waals surface area contributed by atoms with E-state index in [2.05, 4.69) is 30.3 Å². The van der Waals surface area contributed by atoms with Crippen molar-refractivity contribution in [3.05, 3.63) is 10.4 Å². The molecule has 4 heteroatoms. The van der Waals surface area contributed by atoms with Crippen LogP contribution in [0.4, 0.5) is 0 Å². The summed E-state index contributed by atoms with van der Waals surface area (Å²) in [6.07, 6.45) is 3.93. The third-order valence-corrected chi connectivity index (χ3v) is 5.86. The highest BCUT2D eigenvalue weighted by molar-refractivity contribution is 7.11. The molecule has 1 unspecified atom stereocenters. The van der Waals surface area contributed by atoms with Gasteiger partial charge in [-0.1, -0.05) is 26.1 Å². The highest BCUT2D eigenvalue weighted by Gasteiger charge is 2.23. The molecule has 1 saturated heterocycles. The summed E-state index contributed by atoms with van der Waals surface area (Å²) in [4.78, 5) is 4.82. The first kappa shape index (κ1) is 11.3. The molecule has 1 aromatic heterocycles. The van der Waals surface area contributed by atoms with E-state index in [-0.39, 0.29) is 0 Å². The van der Waals surface area contributed by atoms with Crippen LogP contribution in [0.15, 0.2) is 5.38 Å². The lowest BCUT2D eigenvalue weighted by molar-refractivity contribution is 0.411. The van der Waals surface area contributed by atoms with E-state index in [4.69, 9.17) is 4.98 Å². The van der Waals surface area contributed by atoms with E-state index in [1.165, 1.54) is 29.6 Å². The van der Waals surface area contributed by atoms with Crippen LogP contribution in [0.2, 0.25) is 19.6 Å². The molecule has 0 saturated carbocycles. The normalized spacial score (nSPS) is 23.0. The van der Waals surface area contributed by atoms with Crippen molar-refractivity contribution in [1.82, 2.24) is 10.3 Å². The Balaban J connectivity index is 2.12. The monoisotopic (exact) mass is 240 g/mol. The zero-order valence-corrected chi connectivity index (χ0v) is 11.7. The number of nitrogens with one attached hydrogen (secondary N) is 1. The fraction of sp³-hybridized carbons (Fsp3) is 0.727. The van der Waals surface area contributed by atoms with E-state index in [0.29, 0.717) is 6.04 Å². The highest BCUT2D eigenvalue weighted by atomic mass is 32.1. The Morgan fingerprint density at radius 3 is 2.73 bits per heavy atom. The van der Waals surface area contributed by atoms with Crippen LogP contribution in [-0.4, -0.2) is 19.6 Å². The molecule has 0 bridgehead atoms. The summed E-state index contributed by atoms with van der Waals surface area (Å²) in [5.41, 5.74) is 0. The molecule has 1 atom stereocenters. The average molecular weight is 240 g/mol. The molecule has 0 amide bonds. The van der Waals surface area contributed by atoms with Crippen LogP contribution in [0.5, 0.6) is 0 Å². The van der Waals surface area contributed by atoms with Gasteiger partial charge in [0.2, 0.25) is 0 Å². The Hall–Kier alpha value is -0.193. The second-order valence-electron chi connectivity index (χ2n) is 5.32. The summed E-state index contributed by atoms with van der Waals surface area (Å²) in [5.74, 6) is 0. The summed E-state index contributed by atoms with van der Waals surface area (Å²) in [7, 11) is -1.20. The van der Waals surface area contributed by atoms with E-state index in [1.54, 1.807) is 0 Å². The molecule has 84 valence electrons. The maximum Gasteiger partial charge on any atom is 0.109 e. The van der Waals surface area contributed by atoms with Gasteiger partial charge < -0.3 is 5.32 Å². The molecule has 15 heavy (non-hydrogen) atoms. The Morgan fingerprint density at radius 2 is 2.20 bits per heavy atom. The van der Waals surface area contributed by atoms with Crippen molar-refractivity contribution in [2.24, 2.45) is 0 Å². The van der Waals surface area contributed by atoms with Gasteiger partial charge in [0, 0.05) is 10.7 Å². The number of hydrogen-bond donors (Lipinski definition) is 1. The molecule has 1 aliphatic rings. The Labute approximate surface area is 97.1 Å². The number of piperidine rings is 1. The van der Waals surface area contributed by atoms with E-state index in [1.807, 2.05) is 11.3 Å². The molecular weight excluding hydrogens is 220 g/mol. The Bertz CT molecular complexity index is 324. The summed E-state index contributed by atoms with van der Waals surface area (Å²) < 4.78 is 0. The molecule has 0 aliphatic carbocycles. The first-order valence-corrected chi connectivity index (χ1v) is 10.1. The van der Waals surface area contributed by atoms with Crippen molar-refractivity contribution in [3.8, 4) is 0 Å². The standard InChI is InChI=1S/C11H20N2SSi/c1-15(2,3)10-8-14-11(13-10)9-6-4-5-7-12-9/h8-9,12H,4-7H2,1-3H3. The third kappa shape index (κ3) is 2.68. The summed E-state index contributed by atoms with van der Waals surface area (Å²) in [6, 6.07) is 0.536. The fourth-order valence-corrected chi connectivity index (χ4v) is 4.78. The predicted molar refractivity (Wildman–Crippen MR) is 69.7 cm³/mol. The van der Waals surface area contributed by atoms with Crippen molar-refractivity contribution in [2.75, 3.05) is 6.54 Å². The SMILES string of the molecule is C[Si](C)(C)c1csc(C2CCCCN2)n1. The van der Waals surface area contributed by atoms with Crippen LogP contribution < -0.4 is 10.6 Å². The van der Waals surface area contributed by atoms with Gasteiger partial charge in [-0.2, -0.15) is 0 Å². The largest absolute Gasteiger partial charge is 0.308 e. The molecular formula is C11H20N2SSi. The molecule has 2 nitrogen and oxygen atoms in total. The van der Waals surface area contributed by atoms with E-state index in [0.717, 1.165) is 6.54 Å². The van der Waals surface area contributed by atoms with E-state index >= 15 is 0 Å². The first-order chi connectivity index (χ1) is 7.07. The van der Waals surface area contributed by atoms with Crippen molar-refractivity contribution >= 4 is 24.7 Å². The second-order valence-corrected chi connectivity index (χ2v) is 11.2. The topological polar surface area (TPSA) is 24.9 Å². The summed E-state index contributed by atoms with van der Waals surface area (Å²) in [6.45, 7) is 8.24. The Morgan fingerprint density at radius 1 is 1.40 bits per heavy atom. The van der Waals surface area contributed by atoms with Gasteiger partial charge in [0.05, 0.1) is 6.04 Å². The average Bonchev–Trinajstić information content (AvgIpc) is 2.67. The van der Waals surface area contributed by atoms with Gasteiger partial charge in [0.1, 0.15) is 13.1 Å². The van der Waals surface area contributed by atoms with Crippen LogP contribution in [0.3, 0.4) is 0 Å². The van der Waals surface area contributed by atoms with Gasteiger partial charge in [-0.25, -0.2) is 4.98 Å². The molecule has 0 radical (unpaired) electrons. The second kappa shape index (κ2) is 4.35. The van der Waals surface area contributed by atoms with Gasteiger partial charge in [-0.15, -0.1) is 11.3 Å². The van der Waals surface area contributed by atoms with E-state index in [9.17, 15) is 0 Å². The minimum absolute atomic E-state index is 0.536. The van der Waals surface area contributed by atoms with Gasteiger partial charge in [0.25, 0.3) is 0 Å². The van der Waals surface area contributed by atoms with E-state index < -0.39 is 8.07 Å². The lowest BCUT2D eigenvalue weighted by atomic mass is 10.1. The molecule has 1 aromatic rings. The zero-order valence-electron chi connectivity index (χ0n) is 9.84. The van der Waals surface area contributed by atoms with Crippen LogP contribution in [-0.2, 0) is 0 Å². The lowest BCUT2D eigenvalue weighted by Gasteiger charge is -2.21. The highest BCUT2D eigenvalue weighted by Crippen LogP contribution is 2.24. The van der Waals surface area contributed by atoms with Crippen LogP contribution in [0, 0.1) is 0 Å². The van der Waals surface area contributed by atoms with Crippen LogP contribution in [0.25, 0.3) is 0 Å². The van der Waals surface area contributed by atoms with Gasteiger partial charge in [-0.3, -0.25) is 0 Å². The fourth-order valence-electron chi connectivity index (χ4n) is 1.85. The minimum Gasteiger partial charge on any atom is -0.308 e. The lowest BCUT2D eigenvalue weighted by Crippen LogP contribution is -2.39. The molecule has 0 aromatic carbocycles. The van der Waals surface area contributed by atoms with Crippen molar-refractivity contribution in [2.45, 2.75) is 44.9 Å². The number of hydrogen-bond acceptors (Lipinski definition) is 3. The van der Waals surface area contributed by atoms with Gasteiger partial charge >= 0.3 is 0 Å². The smallest absolute Gasteiger partial charge is 0.109 e. The number of rotatable bonds is 2. The number of thiazole rings is 1. The summed E-state index contributed by atoms with van der Waals surface area (Å²) >= 11 is 1.84.